The van der Waals surface area contributed by atoms with E-state index in [9.17, 15) is 10.2 Å². The smallest absolute Gasteiger partial charge is 0.115 e. The molecule has 3 nitrogen and oxygen atoms in total. The predicted octanol–water partition coefficient (Wildman–Crippen LogP) is 3.41. The molecule has 1 atom stereocenters. The molecule has 0 aliphatic carbocycles. The highest BCUT2D eigenvalue weighted by Crippen LogP contribution is 2.31. The number of benzene rings is 2. The second-order valence-electron chi connectivity index (χ2n) is 5.08. The first kappa shape index (κ1) is 14.4. The molecule has 20 heavy (non-hydrogen) atoms. The highest BCUT2D eigenvalue weighted by molar-refractivity contribution is 5.54. The quantitative estimate of drug-likeness (QED) is 0.781. The molecule has 0 aromatic heterocycles. The van der Waals surface area contributed by atoms with Gasteiger partial charge in [0.25, 0.3) is 0 Å². The molecule has 0 radical (unpaired) electrons. The molecule has 0 heterocycles. The van der Waals surface area contributed by atoms with Crippen molar-refractivity contribution in [2.24, 2.45) is 0 Å². The third-order valence-corrected chi connectivity index (χ3v) is 3.81. The number of phenols is 1. The van der Waals surface area contributed by atoms with E-state index in [1.54, 1.807) is 12.1 Å². The summed E-state index contributed by atoms with van der Waals surface area (Å²) < 4.78 is 0. The van der Waals surface area contributed by atoms with Gasteiger partial charge in [-0.05, 0) is 42.7 Å². The first-order valence-electron chi connectivity index (χ1n) is 6.85. The second kappa shape index (κ2) is 5.97. The molecule has 0 bridgehead atoms. The molecule has 0 aliphatic rings. The fourth-order valence-electron chi connectivity index (χ4n) is 2.36. The Labute approximate surface area is 119 Å². The van der Waals surface area contributed by atoms with Gasteiger partial charge in [0.15, 0.2) is 0 Å². The minimum atomic E-state index is -0.542. The first-order valence-corrected chi connectivity index (χ1v) is 6.85. The topological polar surface area (TPSA) is 52.5 Å². The maximum Gasteiger partial charge on any atom is 0.115 e. The Morgan fingerprint density at radius 2 is 1.70 bits per heavy atom. The average Bonchev–Trinajstić information content (AvgIpc) is 2.48. The fraction of sp³-hybridized carbons (Fsp3) is 0.294. The molecule has 1 unspecified atom stereocenters. The van der Waals surface area contributed by atoms with Crippen molar-refractivity contribution >= 4 is 5.69 Å². The van der Waals surface area contributed by atoms with Crippen molar-refractivity contribution in [1.82, 2.24) is 0 Å². The summed E-state index contributed by atoms with van der Waals surface area (Å²) in [4.78, 5) is 0. The van der Waals surface area contributed by atoms with Crippen LogP contribution in [0.3, 0.4) is 0 Å². The van der Waals surface area contributed by atoms with Crippen LogP contribution < -0.4 is 5.32 Å². The largest absolute Gasteiger partial charge is 0.508 e. The van der Waals surface area contributed by atoms with Crippen molar-refractivity contribution in [1.29, 1.82) is 0 Å². The number of para-hydroxylation sites is 1. The standard InChI is InChI=1S/C17H21NO2/c1-3-17(12-19,14-8-10-15(20)11-9-14)18-16-7-5-4-6-13(16)2/h4-11,18-20H,3,12H2,1-2H3. The van der Waals surface area contributed by atoms with Crippen LogP contribution in [-0.2, 0) is 5.54 Å². The number of nitrogens with one attached hydrogen (secondary N) is 1. The zero-order valence-electron chi connectivity index (χ0n) is 11.9. The lowest BCUT2D eigenvalue weighted by molar-refractivity contribution is 0.207. The number of anilines is 1. The fourth-order valence-corrected chi connectivity index (χ4v) is 2.36. The zero-order valence-corrected chi connectivity index (χ0v) is 11.9. The van der Waals surface area contributed by atoms with Gasteiger partial charge in [-0.2, -0.15) is 0 Å². The minimum Gasteiger partial charge on any atom is -0.508 e. The van der Waals surface area contributed by atoms with E-state index in [1.165, 1.54) is 0 Å². The van der Waals surface area contributed by atoms with Gasteiger partial charge < -0.3 is 15.5 Å². The van der Waals surface area contributed by atoms with Gasteiger partial charge in [-0.1, -0.05) is 37.3 Å². The van der Waals surface area contributed by atoms with Gasteiger partial charge in [0.2, 0.25) is 0 Å². The summed E-state index contributed by atoms with van der Waals surface area (Å²) >= 11 is 0. The van der Waals surface area contributed by atoms with E-state index < -0.39 is 5.54 Å². The molecule has 3 N–H and O–H groups in total. The lowest BCUT2D eigenvalue weighted by Crippen LogP contribution is -2.38. The maximum absolute atomic E-state index is 9.93. The van der Waals surface area contributed by atoms with Crippen LogP contribution in [0, 0.1) is 6.92 Å². The molecular weight excluding hydrogens is 250 g/mol. The Kier molecular flexibility index (Phi) is 4.30. The molecule has 0 aliphatic heterocycles. The van der Waals surface area contributed by atoms with Crippen LogP contribution in [-0.4, -0.2) is 16.8 Å². The van der Waals surface area contributed by atoms with Crippen LogP contribution >= 0.6 is 0 Å². The Morgan fingerprint density at radius 3 is 2.25 bits per heavy atom. The summed E-state index contributed by atoms with van der Waals surface area (Å²) in [5, 5.41) is 22.8. The van der Waals surface area contributed by atoms with E-state index in [2.05, 4.69) is 5.32 Å². The van der Waals surface area contributed by atoms with Crippen molar-refractivity contribution in [3.05, 3.63) is 59.7 Å². The van der Waals surface area contributed by atoms with Gasteiger partial charge in [0, 0.05) is 5.69 Å². The molecule has 106 valence electrons. The number of hydrogen-bond acceptors (Lipinski definition) is 3. The van der Waals surface area contributed by atoms with Crippen molar-refractivity contribution in [2.75, 3.05) is 11.9 Å². The van der Waals surface area contributed by atoms with Gasteiger partial charge in [-0.3, -0.25) is 0 Å². The third kappa shape index (κ3) is 2.78. The van der Waals surface area contributed by atoms with Gasteiger partial charge >= 0.3 is 0 Å². The van der Waals surface area contributed by atoms with Crippen molar-refractivity contribution in [2.45, 2.75) is 25.8 Å². The Balaban J connectivity index is 2.39. The van der Waals surface area contributed by atoms with Crippen LogP contribution in [0.25, 0.3) is 0 Å². The van der Waals surface area contributed by atoms with Gasteiger partial charge in [0.05, 0.1) is 12.1 Å². The first-order chi connectivity index (χ1) is 9.61. The molecule has 0 spiro atoms. The Hall–Kier alpha value is -2.00. The molecular formula is C17H21NO2. The summed E-state index contributed by atoms with van der Waals surface area (Å²) in [6.07, 6.45) is 0.739. The van der Waals surface area contributed by atoms with Crippen LogP contribution in [0.1, 0.15) is 24.5 Å². The van der Waals surface area contributed by atoms with Crippen LogP contribution in [0.4, 0.5) is 5.69 Å². The highest BCUT2D eigenvalue weighted by Gasteiger charge is 2.29. The summed E-state index contributed by atoms with van der Waals surface area (Å²) in [5.74, 6) is 0.229. The summed E-state index contributed by atoms with van der Waals surface area (Å²) in [6, 6.07) is 15.0. The SMILES string of the molecule is CCC(CO)(Nc1ccccc1C)c1ccc(O)cc1. The van der Waals surface area contributed by atoms with Gasteiger partial charge in [0.1, 0.15) is 5.75 Å². The van der Waals surface area contributed by atoms with E-state index in [-0.39, 0.29) is 12.4 Å². The molecule has 0 amide bonds. The number of aryl methyl sites for hydroxylation is 1. The Morgan fingerprint density at radius 1 is 1.05 bits per heavy atom. The summed E-state index contributed by atoms with van der Waals surface area (Å²) in [5.41, 5.74) is 2.57. The molecule has 0 saturated carbocycles. The molecule has 2 aromatic rings. The van der Waals surface area contributed by atoms with E-state index in [4.69, 9.17) is 0 Å². The molecule has 2 rings (SSSR count). The maximum atomic E-state index is 9.93. The predicted molar refractivity (Wildman–Crippen MR) is 82.0 cm³/mol. The number of rotatable bonds is 5. The third-order valence-electron chi connectivity index (χ3n) is 3.81. The van der Waals surface area contributed by atoms with Crippen molar-refractivity contribution in [3.63, 3.8) is 0 Å². The van der Waals surface area contributed by atoms with E-state index in [0.29, 0.717) is 0 Å². The average molecular weight is 271 g/mol. The monoisotopic (exact) mass is 271 g/mol. The van der Waals surface area contributed by atoms with Crippen molar-refractivity contribution in [3.8, 4) is 5.75 Å². The molecule has 0 saturated heterocycles. The number of aliphatic hydroxyl groups is 1. The minimum absolute atomic E-state index is 0.0113. The van der Waals surface area contributed by atoms with E-state index >= 15 is 0 Å². The lowest BCUT2D eigenvalue weighted by Gasteiger charge is -2.34. The highest BCUT2D eigenvalue weighted by atomic mass is 16.3. The number of phenolic OH excluding ortho intramolecular Hbond substituents is 1. The van der Waals surface area contributed by atoms with E-state index in [1.807, 2.05) is 50.2 Å². The van der Waals surface area contributed by atoms with E-state index in [0.717, 1.165) is 23.2 Å². The van der Waals surface area contributed by atoms with Crippen LogP contribution in [0.2, 0.25) is 0 Å². The molecule has 3 heteroatoms. The van der Waals surface area contributed by atoms with Gasteiger partial charge in [-0.25, -0.2) is 0 Å². The number of aromatic hydroxyl groups is 1. The van der Waals surface area contributed by atoms with Crippen molar-refractivity contribution < 1.29 is 10.2 Å². The second-order valence-corrected chi connectivity index (χ2v) is 5.08. The van der Waals surface area contributed by atoms with Crippen LogP contribution in [0.15, 0.2) is 48.5 Å². The number of hydrogen-bond donors (Lipinski definition) is 3. The summed E-state index contributed by atoms with van der Waals surface area (Å²) in [6.45, 7) is 4.06. The lowest BCUT2D eigenvalue weighted by atomic mass is 9.87. The zero-order chi connectivity index (χ0) is 14.6. The molecule has 2 aromatic carbocycles. The Bertz CT molecular complexity index is 559. The summed E-state index contributed by atoms with van der Waals surface area (Å²) in [7, 11) is 0. The van der Waals surface area contributed by atoms with Crippen LogP contribution in [0.5, 0.6) is 5.75 Å². The number of aliphatic hydroxyl groups excluding tert-OH is 1. The van der Waals surface area contributed by atoms with Gasteiger partial charge in [-0.15, -0.1) is 0 Å². The molecule has 0 fully saturated rings. The normalized spacial score (nSPS) is 13.8.